The highest BCUT2D eigenvalue weighted by molar-refractivity contribution is 6.31. The van der Waals surface area contributed by atoms with E-state index in [2.05, 4.69) is 20.6 Å². The number of halogens is 4. The molecule has 5 nitrogen and oxygen atoms in total. The fourth-order valence-corrected chi connectivity index (χ4v) is 2.31. The number of hydrogen-bond acceptors (Lipinski definition) is 4. The van der Waals surface area contributed by atoms with Gasteiger partial charge in [-0.1, -0.05) is 17.7 Å². The summed E-state index contributed by atoms with van der Waals surface area (Å²) in [6.45, 7) is 1.87. The molecule has 1 aromatic heterocycles. The minimum atomic E-state index is -1.67. The van der Waals surface area contributed by atoms with E-state index >= 15 is 0 Å². The quantitative estimate of drug-likeness (QED) is 0.623. The Morgan fingerprint density at radius 2 is 1.74 bits per heavy atom. The monoisotopic (exact) mass is 392 g/mol. The van der Waals surface area contributed by atoms with Gasteiger partial charge in [-0.15, -0.1) is 0 Å². The third-order valence-electron chi connectivity index (χ3n) is 3.63. The van der Waals surface area contributed by atoms with Crippen LogP contribution in [-0.4, -0.2) is 15.9 Å². The number of benzene rings is 2. The van der Waals surface area contributed by atoms with Crippen molar-refractivity contribution in [1.29, 1.82) is 0 Å². The third kappa shape index (κ3) is 4.17. The number of carbonyl (C=O) groups excluding carboxylic acids is 1. The van der Waals surface area contributed by atoms with Gasteiger partial charge in [0.05, 0.1) is 11.3 Å². The van der Waals surface area contributed by atoms with Crippen molar-refractivity contribution in [3.8, 4) is 0 Å². The van der Waals surface area contributed by atoms with Gasteiger partial charge in [-0.2, -0.15) is 0 Å². The molecule has 0 saturated carbocycles. The lowest BCUT2D eigenvalue weighted by atomic mass is 10.2. The molecule has 0 fully saturated rings. The van der Waals surface area contributed by atoms with Crippen LogP contribution in [0, 0.1) is 24.4 Å². The number of nitrogens with zero attached hydrogens (tertiary/aromatic N) is 2. The molecule has 138 valence electrons. The number of carbonyl (C=O) groups is 1. The summed E-state index contributed by atoms with van der Waals surface area (Å²) in [5.41, 5.74) is 1.09. The van der Waals surface area contributed by atoms with E-state index in [-0.39, 0.29) is 11.5 Å². The van der Waals surface area contributed by atoms with E-state index < -0.39 is 29.0 Å². The van der Waals surface area contributed by atoms with E-state index in [0.717, 1.165) is 11.6 Å². The van der Waals surface area contributed by atoms with Crippen LogP contribution in [0.5, 0.6) is 0 Å². The summed E-state index contributed by atoms with van der Waals surface area (Å²) in [6, 6.07) is 6.94. The standard InChI is InChI=1S/C18H12ClF3N4O/c1-9-2-3-11(6-12(9)19)25-18-23-7-10(8-24-18)17(27)26-14-5-4-13(20)15(21)16(14)22/h2-8H,1H3,(H,26,27)(H,23,24,25). The van der Waals surface area contributed by atoms with Crippen LogP contribution in [0.3, 0.4) is 0 Å². The van der Waals surface area contributed by atoms with Crippen LogP contribution < -0.4 is 10.6 Å². The summed E-state index contributed by atoms with van der Waals surface area (Å²) in [5, 5.41) is 5.63. The first-order valence-corrected chi connectivity index (χ1v) is 8.03. The van der Waals surface area contributed by atoms with E-state index in [1.54, 1.807) is 12.1 Å². The third-order valence-corrected chi connectivity index (χ3v) is 4.03. The molecule has 0 unspecified atom stereocenters. The lowest BCUT2D eigenvalue weighted by molar-refractivity contribution is 0.102. The van der Waals surface area contributed by atoms with Crippen molar-refractivity contribution in [2.75, 3.05) is 10.6 Å². The maximum atomic E-state index is 13.6. The van der Waals surface area contributed by atoms with Gasteiger partial charge in [-0.05, 0) is 36.8 Å². The first kappa shape index (κ1) is 18.7. The van der Waals surface area contributed by atoms with E-state index in [1.165, 1.54) is 12.4 Å². The minimum absolute atomic E-state index is 0.00613. The zero-order valence-corrected chi connectivity index (χ0v) is 14.6. The van der Waals surface area contributed by atoms with Gasteiger partial charge in [0.1, 0.15) is 0 Å². The predicted octanol–water partition coefficient (Wildman–Crippen LogP) is 4.85. The van der Waals surface area contributed by atoms with E-state index in [0.29, 0.717) is 16.8 Å². The summed E-state index contributed by atoms with van der Waals surface area (Å²) >= 11 is 6.04. The Bertz CT molecular complexity index is 1010. The number of aryl methyl sites for hydroxylation is 1. The van der Waals surface area contributed by atoms with Crippen LogP contribution in [0.25, 0.3) is 0 Å². The van der Waals surface area contributed by atoms with Gasteiger partial charge in [0.2, 0.25) is 5.95 Å². The van der Waals surface area contributed by atoms with E-state index in [1.807, 2.05) is 13.0 Å². The average molecular weight is 393 g/mol. The highest BCUT2D eigenvalue weighted by Gasteiger charge is 2.16. The minimum Gasteiger partial charge on any atom is -0.324 e. The predicted molar refractivity (Wildman–Crippen MR) is 95.8 cm³/mol. The topological polar surface area (TPSA) is 66.9 Å². The molecule has 3 aromatic rings. The molecule has 1 amide bonds. The van der Waals surface area contributed by atoms with Gasteiger partial charge < -0.3 is 10.6 Å². The molecule has 2 aromatic carbocycles. The van der Waals surface area contributed by atoms with Gasteiger partial charge in [0.15, 0.2) is 17.5 Å². The van der Waals surface area contributed by atoms with E-state index in [9.17, 15) is 18.0 Å². The van der Waals surface area contributed by atoms with Crippen LogP contribution in [0.2, 0.25) is 5.02 Å². The fourth-order valence-electron chi connectivity index (χ4n) is 2.13. The first-order chi connectivity index (χ1) is 12.8. The molecule has 0 radical (unpaired) electrons. The molecule has 0 aliphatic heterocycles. The summed E-state index contributed by atoms with van der Waals surface area (Å²) in [5.74, 6) is -5.06. The number of amides is 1. The average Bonchev–Trinajstić information content (AvgIpc) is 2.66. The molecule has 0 spiro atoms. The first-order valence-electron chi connectivity index (χ1n) is 7.65. The van der Waals surface area contributed by atoms with Crippen LogP contribution in [0.15, 0.2) is 42.7 Å². The van der Waals surface area contributed by atoms with Crippen molar-refractivity contribution in [2.24, 2.45) is 0 Å². The normalized spacial score (nSPS) is 10.6. The van der Waals surface area contributed by atoms with Gasteiger partial charge >= 0.3 is 0 Å². The molecule has 0 aliphatic rings. The van der Waals surface area contributed by atoms with Crippen LogP contribution in [0.4, 0.5) is 30.5 Å². The van der Waals surface area contributed by atoms with Crippen molar-refractivity contribution in [1.82, 2.24) is 9.97 Å². The summed E-state index contributed by atoms with van der Waals surface area (Å²) in [7, 11) is 0. The second kappa shape index (κ2) is 7.63. The maximum Gasteiger partial charge on any atom is 0.258 e. The molecule has 0 saturated heterocycles. The fraction of sp³-hybridized carbons (Fsp3) is 0.0556. The lowest BCUT2D eigenvalue weighted by Gasteiger charge is -2.08. The highest BCUT2D eigenvalue weighted by Crippen LogP contribution is 2.22. The van der Waals surface area contributed by atoms with Gasteiger partial charge in [-0.3, -0.25) is 4.79 Å². The van der Waals surface area contributed by atoms with Crippen molar-refractivity contribution < 1.29 is 18.0 Å². The number of aromatic nitrogens is 2. The molecular weight excluding hydrogens is 381 g/mol. The van der Waals surface area contributed by atoms with Crippen molar-refractivity contribution in [2.45, 2.75) is 6.92 Å². The summed E-state index contributed by atoms with van der Waals surface area (Å²) < 4.78 is 39.8. The summed E-state index contributed by atoms with van der Waals surface area (Å²) in [4.78, 5) is 20.1. The zero-order chi connectivity index (χ0) is 19.6. The van der Waals surface area contributed by atoms with Gasteiger partial charge in [0.25, 0.3) is 5.91 Å². The highest BCUT2D eigenvalue weighted by atomic mass is 35.5. The number of nitrogens with one attached hydrogen (secondary N) is 2. The molecule has 3 rings (SSSR count). The Hall–Kier alpha value is -3.13. The van der Waals surface area contributed by atoms with Crippen molar-refractivity contribution in [3.63, 3.8) is 0 Å². The zero-order valence-electron chi connectivity index (χ0n) is 13.9. The Morgan fingerprint density at radius 3 is 2.41 bits per heavy atom. The molecule has 0 aliphatic carbocycles. The summed E-state index contributed by atoms with van der Waals surface area (Å²) in [6.07, 6.45) is 2.41. The Kier molecular flexibility index (Phi) is 5.27. The van der Waals surface area contributed by atoms with Crippen LogP contribution >= 0.6 is 11.6 Å². The molecule has 1 heterocycles. The number of hydrogen-bond donors (Lipinski definition) is 2. The molecule has 27 heavy (non-hydrogen) atoms. The van der Waals surface area contributed by atoms with Crippen LogP contribution in [-0.2, 0) is 0 Å². The Balaban J connectivity index is 1.72. The van der Waals surface area contributed by atoms with Gasteiger partial charge in [0, 0.05) is 23.1 Å². The second-order valence-corrected chi connectivity index (χ2v) is 5.97. The lowest BCUT2D eigenvalue weighted by Crippen LogP contribution is -2.15. The molecule has 0 atom stereocenters. The largest absolute Gasteiger partial charge is 0.324 e. The maximum absolute atomic E-state index is 13.6. The van der Waals surface area contributed by atoms with Crippen LogP contribution in [0.1, 0.15) is 15.9 Å². The molecule has 2 N–H and O–H groups in total. The Morgan fingerprint density at radius 1 is 1.04 bits per heavy atom. The van der Waals surface area contributed by atoms with Crippen molar-refractivity contribution >= 4 is 34.8 Å². The number of anilines is 3. The molecule has 9 heteroatoms. The SMILES string of the molecule is Cc1ccc(Nc2ncc(C(=O)Nc3ccc(F)c(F)c3F)cn2)cc1Cl. The number of rotatable bonds is 4. The smallest absolute Gasteiger partial charge is 0.258 e. The molecular formula is C18H12ClF3N4O. The second-order valence-electron chi connectivity index (χ2n) is 5.56. The van der Waals surface area contributed by atoms with Crippen molar-refractivity contribution in [3.05, 3.63) is 76.3 Å². The Labute approximate surface area is 157 Å². The van der Waals surface area contributed by atoms with Gasteiger partial charge in [-0.25, -0.2) is 23.1 Å². The molecule has 0 bridgehead atoms. The van der Waals surface area contributed by atoms with E-state index in [4.69, 9.17) is 11.6 Å².